The summed E-state index contributed by atoms with van der Waals surface area (Å²) in [5.41, 5.74) is 0.482. The van der Waals surface area contributed by atoms with E-state index in [-0.39, 0.29) is 43.1 Å². The van der Waals surface area contributed by atoms with Crippen molar-refractivity contribution in [3.63, 3.8) is 0 Å². The average molecular weight is 381 g/mol. The van der Waals surface area contributed by atoms with Gasteiger partial charge in [0.1, 0.15) is 0 Å². The second kappa shape index (κ2) is 8.33. The summed E-state index contributed by atoms with van der Waals surface area (Å²) >= 11 is 0. The fourth-order valence-corrected chi connectivity index (χ4v) is 3.86. The van der Waals surface area contributed by atoms with Crippen LogP contribution < -0.4 is 5.32 Å². The van der Waals surface area contributed by atoms with Crippen molar-refractivity contribution >= 4 is 27.7 Å². The Labute approximate surface area is 153 Å². The largest absolute Gasteiger partial charge is 0.447 e. The van der Waals surface area contributed by atoms with Gasteiger partial charge in [0, 0.05) is 31.9 Å². The molecule has 1 aromatic rings. The molecule has 0 atom stereocenters. The number of sulfonamides is 1. The molecule has 2 rings (SSSR count). The molecule has 0 bridgehead atoms. The van der Waals surface area contributed by atoms with Crippen LogP contribution >= 0.6 is 0 Å². The molecule has 1 aliphatic heterocycles. The Hall–Kier alpha value is -2.39. The number of ether oxygens (including phenoxy) is 1. The molecule has 1 fully saturated rings. The third kappa shape index (κ3) is 4.83. The number of nitrogens with one attached hydrogen (secondary N) is 1. The highest BCUT2D eigenvalue weighted by molar-refractivity contribution is 7.89. The second-order valence-electron chi connectivity index (χ2n) is 6.04. The highest BCUT2D eigenvalue weighted by Crippen LogP contribution is 2.20. The van der Waals surface area contributed by atoms with Gasteiger partial charge in [0.15, 0.2) is 0 Å². The third-order valence-corrected chi connectivity index (χ3v) is 5.69. The Morgan fingerprint density at radius 2 is 1.73 bits per heavy atom. The summed E-state index contributed by atoms with van der Waals surface area (Å²) in [6.07, 6.45) is 0.484. The van der Waals surface area contributed by atoms with Crippen LogP contribution in [0.4, 0.5) is 10.5 Å². The maximum Gasteiger partial charge on any atom is 0.410 e. The normalized spacial score (nSPS) is 15.6. The molecule has 26 heavy (non-hydrogen) atoms. The molecule has 2 amide bonds. The number of anilines is 1. The molecular weight excluding hydrogens is 358 g/mol. The molecule has 0 saturated carbocycles. The molecule has 9 heteroatoms. The first-order valence-corrected chi connectivity index (χ1v) is 9.67. The molecule has 0 aliphatic carbocycles. The Morgan fingerprint density at radius 3 is 2.23 bits per heavy atom. The Balaban J connectivity index is 2.01. The van der Waals surface area contributed by atoms with Crippen LogP contribution in [-0.2, 0) is 19.6 Å². The van der Waals surface area contributed by atoms with Crippen molar-refractivity contribution in [3.05, 3.63) is 36.9 Å². The van der Waals surface area contributed by atoms with Crippen molar-refractivity contribution < 1.29 is 22.7 Å². The first-order chi connectivity index (χ1) is 12.2. The zero-order chi connectivity index (χ0) is 19.3. The van der Waals surface area contributed by atoms with Crippen molar-refractivity contribution in [1.29, 1.82) is 0 Å². The number of rotatable bonds is 5. The molecule has 0 radical (unpaired) electrons. The Bertz CT molecular complexity index is 766. The van der Waals surface area contributed by atoms with E-state index in [9.17, 15) is 18.0 Å². The maximum atomic E-state index is 12.7. The number of carbonyl (C=O) groups is 2. The minimum Gasteiger partial charge on any atom is -0.447 e. The van der Waals surface area contributed by atoms with Crippen molar-refractivity contribution in [1.82, 2.24) is 9.21 Å². The maximum absolute atomic E-state index is 12.7. The monoisotopic (exact) mass is 381 g/mol. The van der Waals surface area contributed by atoms with Gasteiger partial charge in [-0.15, -0.1) is 0 Å². The minimum atomic E-state index is -3.66. The van der Waals surface area contributed by atoms with Gasteiger partial charge in [-0.25, -0.2) is 13.2 Å². The number of piperazine rings is 1. The fraction of sp³-hybridized carbons (Fsp3) is 0.412. The predicted molar refractivity (Wildman–Crippen MR) is 97.2 cm³/mol. The molecule has 0 aromatic heterocycles. The summed E-state index contributed by atoms with van der Waals surface area (Å²) in [6, 6.07) is 5.91. The van der Waals surface area contributed by atoms with E-state index in [2.05, 4.69) is 11.9 Å². The van der Waals surface area contributed by atoms with Gasteiger partial charge in [0.2, 0.25) is 15.9 Å². The third-order valence-electron chi connectivity index (χ3n) is 3.78. The Kier molecular flexibility index (Phi) is 6.38. The van der Waals surface area contributed by atoms with Gasteiger partial charge in [-0.2, -0.15) is 4.31 Å². The van der Waals surface area contributed by atoms with Crippen molar-refractivity contribution in [3.8, 4) is 0 Å². The van der Waals surface area contributed by atoms with Gasteiger partial charge < -0.3 is 15.0 Å². The highest BCUT2D eigenvalue weighted by Gasteiger charge is 2.30. The molecular formula is C17H23N3O5S. The lowest BCUT2D eigenvalue weighted by atomic mass is 10.3. The molecule has 1 heterocycles. The molecule has 0 unspecified atom stereocenters. The molecule has 8 nitrogen and oxygen atoms in total. The molecule has 1 N–H and O–H groups in total. The van der Waals surface area contributed by atoms with Crippen LogP contribution in [0.15, 0.2) is 41.8 Å². The lowest BCUT2D eigenvalue weighted by Crippen LogP contribution is -2.50. The molecule has 142 valence electrons. The summed E-state index contributed by atoms with van der Waals surface area (Å²) in [6.45, 7) is 7.83. The summed E-state index contributed by atoms with van der Waals surface area (Å²) in [5, 5.41) is 2.56. The van der Waals surface area contributed by atoms with Crippen molar-refractivity contribution in [2.75, 3.05) is 31.5 Å². The smallest absolute Gasteiger partial charge is 0.410 e. The number of amides is 2. The summed E-state index contributed by atoms with van der Waals surface area (Å²) in [5.74, 6) is -0.370. The minimum absolute atomic E-state index is 0.132. The summed E-state index contributed by atoms with van der Waals surface area (Å²) in [7, 11) is -3.66. The standard InChI is InChI=1S/C17H23N3O5S/c1-4-16(21)18-14-5-7-15(8-6-14)26(23,24)20-11-9-19(10-12-20)17(22)25-13(2)3/h4-8,13H,1,9-12H2,2-3H3,(H,18,21). The molecule has 1 aromatic carbocycles. The first-order valence-electron chi connectivity index (χ1n) is 8.23. The van der Waals surface area contributed by atoms with Crippen LogP contribution in [0.3, 0.4) is 0 Å². The summed E-state index contributed by atoms with van der Waals surface area (Å²) < 4.78 is 31.9. The van der Waals surface area contributed by atoms with Crippen molar-refractivity contribution in [2.24, 2.45) is 0 Å². The zero-order valence-electron chi connectivity index (χ0n) is 14.8. The lowest BCUT2D eigenvalue weighted by Gasteiger charge is -2.33. The molecule has 0 spiro atoms. The molecule has 1 saturated heterocycles. The number of benzene rings is 1. The van der Waals surface area contributed by atoms with E-state index in [0.29, 0.717) is 5.69 Å². The van der Waals surface area contributed by atoms with Gasteiger partial charge in [-0.3, -0.25) is 4.79 Å². The van der Waals surface area contributed by atoms with Crippen LogP contribution in [0, 0.1) is 0 Å². The quantitative estimate of drug-likeness (QED) is 0.783. The van der Waals surface area contributed by atoms with Crippen LogP contribution in [-0.4, -0.2) is 61.9 Å². The van der Waals surface area contributed by atoms with E-state index in [1.807, 2.05) is 0 Å². The number of nitrogens with zero attached hydrogens (tertiary/aromatic N) is 2. The van der Waals surface area contributed by atoms with Gasteiger partial charge in [-0.05, 0) is 44.2 Å². The van der Waals surface area contributed by atoms with Gasteiger partial charge in [0.25, 0.3) is 0 Å². The second-order valence-corrected chi connectivity index (χ2v) is 7.98. The van der Waals surface area contributed by atoms with Crippen LogP contribution in [0.2, 0.25) is 0 Å². The average Bonchev–Trinajstić information content (AvgIpc) is 2.61. The Morgan fingerprint density at radius 1 is 1.15 bits per heavy atom. The van der Waals surface area contributed by atoms with E-state index in [1.165, 1.54) is 33.5 Å². The first kappa shape index (κ1) is 19.9. The van der Waals surface area contributed by atoms with Crippen molar-refractivity contribution in [2.45, 2.75) is 24.8 Å². The SMILES string of the molecule is C=CC(=O)Nc1ccc(S(=O)(=O)N2CCN(C(=O)OC(C)C)CC2)cc1. The van der Waals surface area contributed by atoms with Gasteiger partial charge >= 0.3 is 6.09 Å². The van der Waals surface area contributed by atoms with Gasteiger partial charge in [-0.1, -0.05) is 6.58 Å². The topological polar surface area (TPSA) is 96.0 Å². The number of hydrogen-bond donors (Lipinski definition) is 1. The van der Waals surface area contributed by atoms with Crippen LogP contribution in [0.1, 0.15) is 13.8 Å². The van der Waals surface area contributed by atoms with E-state index in [1.54, 1.807) is 13.8 Å². The van der Waals surface area contributed by atoms with E-state index < -0.39 is 16.1 Å². The van der Waals surface area contributed by atoms with E-state index in [4.69, 9.17) is 4.74 Å². The lowest BCUT2D eigenvalue weighted by molar-refractivity contribution is -0.111. The highest BCUT2D eigenvalue weighted by atomic mass is 32.2. The fourth-order valence-electron chi connectivity index (χ4n) is 2.44. The number of carbonyl (C=O) groups excluding carboxylic acids is 2. The zero-order valence-corrected chi connectivity index (χ0v) is 15.7. The van der Waals surface area contributed by atoms with E-state index in [0.717, 1.165) is 6.08 Å². The molecule has 1 aliphatic rings. The number of hydrogen-bond acceptors (Lipinski definition) is 5. The summed E-state index contributed by atoms with van der Waals surface area (Å²) in [4.78, 5) is 24.8. The van der Waals surface area contributed by atoms with Gasteiger partial charge in [0.05, 0.1) is 11.0 Å². The van der Waals surface area contributed by atoms with E-state index >= 15 is 0 Å². The van der Waals surface area contributed by atoms with Crippen LogP contribution in [0.5, 0.6) is 0 Å². The van der Waals surface area contributed by atoms with Crippen LogP contribution in [0.25, 0.3) is 0 Å². The predicted octanol–water partition coefficient (Wildman–Crippen LogP) is 1.66.